The Bertz CT molecular complexity index is 65.1. The maximum Gasteiger partial charge on any atom is 0.393 e. The molecule has 0 rings (SSSR count). The van der Waals surface area contributed by atoms with Gasteiger partial charge in [-0.2, -0.15) is 13.2 Å². The highest BCUT2D eigenvalue weighted by Crippen LogP contribution is 2.17. The molecule has 0 aliphatic heterocycles. The van der Waals surface area contributed by atoms with Crippen molar-refractivity contribution in [3.63, 3.8) is 0 Å². The first-order valence-corrected chi connectivity index (χ1v) is 1.89. The highest BCUT2D eigenvalue weighted by atomic mass is 32.1. The third-order valence-corrected chi connectivity index (χ3v) is 0.417. The molecule has 0 aromatic heterocycles. The SMILES string of the molecule is FC(F)(F)C[C]=S. The summed E-state index contributed by atoms with van der Waals surface area (Å²) in [5.74, 6) is 0. The molecule has 0 heterocycles. The van der Waals surface area contributed by atoms with Crippen LogP contribution in [0, 0.1) is 0 Å². The standard InChI is InChI=1S/C3H2F3S/c4-3(5,6)1-2-7/h1H2. The van der Waals surface area contributed by atoms with Crippen LogP contribution in [0.3, 0.4) is 0 Å². The van der Waals surface area contributed by atoms with Crippen molar-refractivity contribution in [2.24, 2.45) is 0 Å². The largest absolute Gasteiger partial charge is 0.393 e. The fourth-order valence-corrected chi connectivity index (χ4v) is 0.245. The first-order valence-electron chi connectivity index (χ1n) is 1.48. The van der Waals surface area contributed by atoms with Gasteiger partial charge in [-0.3, -0.25) is 0 Å². The Morgan fingerprint density at radius 3 is 1.86 bits per heavy atom. The van der Waals surface area contributed by atoms with Crippen LogP contribution in [-0.4, -0.2) is 11.5 Å². The fraction of sp³-hybridized carbons (Fsp3) is 0.667. The maximum atomic E-state index is 10.9. The van der Waals surface area contributed by atoms with E-state index < -0.39 is 12.6 Å². The summed E-state index contributed by atoms with van der Waals surface area (Å²) in [6, 6.07) is 0. The summed E-state index contributed by atoms with van der Waals surface area (Å²) in [6.07, 6.45) is -5.26. The van der Waals surface area contributed by atoms with Crippen LogP contribution >= 0.6 is 12.2 Å². The molecule has 4 heteroatoms. The third-order valence-electron chi connectivity index (χ3n) is 0.273. The van der Waals surface area contributed by atoms with Gasteiger partial charge in [-0.25, -0.2) is 0 Å². The summed E-state index contributed by atoms with van der Waals surface area (Å²) in [6.45, 7) is 0. The molecule has 7 heavy (non-hydrogen) atoms. The lowest BCUT2D eigenvalue weighted by atomic mass is 10.5. The van der Waals surface area contributed by atoms with Crippen molar-refractivity contribution in [1.29, 1.82) is 0 Å². The zero-order valence-corrected chi connectivity index (χ0v) is 4.07. The molecule has 0 aromatic rings. The predicted molar refractivity (Wildman–Crippen MR) is 23.3 cm³/mol. The van der Waals surface area contributed by atoms with E-state index in [-0.39, 0.29) is 0 Å². The molecule has 0 N–H and O–H groups in total. The highest BCUT2D eigenvalue weighted by Gasteiger charge is 2.24. The molecule has 0 nitrogen and oxygen atoms in total. The van der Waals surface area contributed by atoms with Crippen LogP contribution in [0.1, 0.15) is 6.42 Å². The number of halogens is 3. The molecule has 0 saturated heterocycles. The maximum absolute atomic E-state index is 10.9. The Kier molecular flexibility index (Phi) is 2.22. The summed E-state index contributed by atoms with van der Waals surface area (Å²) >= 11 is 3.83. The Morgan fingerprint density at radius 2 is 1.86 bits per heavy atom. The van der Waals surface area contributed by atoms with Crippen molar-refractivity contribution in [2.45, 2.75) is 12.6 Å². The number of alkyl halides is 3. The smallest absolute Gasteiger partial charge is 0.171 e. The van der Waals surface area contributed by atoms with E-state index in [0.29, 0.717) is 0 Å². The van der Waals surface area contributed by atoms with Crippen LogP contribution in [-0.2, 0) is 0 Å². The second-order valence-electron chi connectivity index (χ2n) is 0.936. The van der Waals surface area contributed by atoms with Gasteiger partial charge in [0.05, 0.1) is 6.42 Å². The number of thiocarbonyl (C=S) groups is 1. The van der Waals surface area contributed by atoms with E-state index in [4.69, 9.17) is 0 Å². The van der Waals surface area contributed by atoms with Crippen LogP contribution in [0.4, 0.5) is 13.2 Å². The number of rotatable bonds is 1. The molecule has 41 valence electrons. The van der Waals surface area contributed by atoms with Gasteiger partial charge in [-0.1, -0.05) is 12.2 Å². The summed E-state index contributed by atoms with van der Waals surface area (Å²) < 4.78 is 32.8. The van der Waals surface area contributed by atoms with Crippen LogP contribution in [0.25, 0.3) is 0 Å². The number of hydrogen-bond donors (Lipinski definition) is 0. The van der Waals surface area contributed by atoms with E-state index in [9.17, 15) is 13.2 Å². The van der Waals surface area contributed by atoms with E-state index in [1.165, 1.54) is 0 Å². The third kappa shape index (κ3) is 5.88. The van der Waals surface area contributed by atoms with E-state index >= 15 is 0 Å². The van der Waals surface area contributed by atoms with E-state index in [2.05, 4.69) is 12.2 Å². The zero-order chi connectivity index (χ0) is 5.91. The molecule has 0 aliphatic carbocycles. The molecular weight excluding hydrogens is 125 g/mol. The van der Waals surface area contributed by atoms with Gasteiger partial charge in [0, 0.05) is 5.37 Å². The second-order valence-corrected chi connectivity index (χ2v) is 1.22. The zero-order valence-electron chi connectivity index (χ0n) is 3.25. The molecular formula is C3H2F3S. The molecule has 0 aromatic carbocycles. The Balaban J connectivity index is 3.34. The Morgan fingerprint density at radius 1 is 1.43 bits per heavy atom. The van der Waals surface area contributed by atoms with Gasteiger partial charge in [-0.05, 0) is 0 Å². The number of hydrogen-bond acceptors (Lipinski definition) is 1. The van der Waals surface area contributed by atoms with Gasteiger partial charge in [0.2, 0.25) is 0 Å². The van der Waals surface area contributed by atoms with E-state index in [1.807, 2.05) is 0 Å². The normalized spacial score (nSPS) is 11.3. The van der Waals surface area contributed by atoms with Gasteiger partial charge in [0.15, 0.2) is 0 Å². The van der Waals surface area contributed by atoms with Gasteiger partial charge in [0.25, 0.3) is 0 Å². The molecule has 0 bridgehead atoms. The van der Waals surface area contributed by atoms with Crippen LogP contribution in [0.2, 0.25) is 0 Å². The van der Waals surface area contributed by atoms with Crippen molar-refractivity contribution >= 4 is 17.6 Å². The summed E-state index contributed by atoms with van der Waals surface area (Å²) in [5, 5.41) is 1.57. The first-order chi connectivity index (χ1) is 3.06. The van der Waals surface area contributed by atoms with Crippen molar-refractivity contribution in [1.82, 2.24) is 0 Å². The second kappa shape index (κ2) is 2.26. The van der Waals surface area contributed by atoms with Gasteiger partial charge in [-0.15, -0.1) is 0 Å². The lowest BCUT2D eigenvalue weighted by molar-refractivity contribution is -0.120. The summed E-state index contributed by atoms with van der Waals surface area (Å²) in [7, 11) is 0. The van der Waals surface area contributed by atoms with Gasteiger partial charge >= 0.3 is 6.18 Å². The lowest BCUT2D eigenvalue weighted by Crippen LogP contribution is -2.05. The van der Waals surface area contributed by atoms with Crippen LogP contribution in [0.15, 0.2) is 0 Å². The van der Waals surface area contributed by atoms with Crippen LogP contribution in [0.5, 0.6) is 0 Å². The molecule has 0 aliphatic rings. The van der Waals surface area contributed by atoms with Gasteiger partial charge < -0.3 is 0 Å². The van der Waals surface area contributed by atoms with E-state index in [1.54, 1.807) is 5.37 Å². The topological polar surface area (TPSA) is 0 Å². The average Bonchev–Trinajstić information content (AvgIpc) is 1.30. The summed E-state index contributed by atoms with van der Waals surface area (Å²) in [5.41, 5.74) is 0. The Hall–Kier alpha value is -0.120. The lowest BCUT2D eigenvalue weighted by Gasteiger charge is -1.96. The summed E-state index contributed by atoms with van der Waals surface area (Å²) in [4.78, 5) is 0. The first kappa shape index (κ1) is 6.88. The fourth-order valence-electron chi connectivity index (χ4n) is 0.0818. The minimum atomic E-state index is -4.16. The van der Waals surface area contributed by atoms with E-state index in [0.717, 1.165) is 0 Å². The molecule has 0 unspecified atom stereocenters. The van der Waals surface area contributed by atoms with Gasteiger partial charge in [0.1, 0.15) is 0 Å². The molecule has 0 saturated carbocycles. The predicted octanol–water partition coefficient (Wildman–Crippen LogP) is 1.82. The van der Waals surface area contributed by atoms with Crippen molar-refractivity contribution in [3.8, 4) is 0 Å². The molecule has 0 spiro atoms. The minimum Gasteiger partial charge on any atom is -0.171 e. The molecule has 0 fully saturated rings. The quantitative estimate of drug-likeness (QED) is 0.484. The highest BCUT2D eigenvalue weighted by molar-refractivity contribution is 7.78. The van der Waals surface area contributed by atoms with Crippen molar-refractivity contribution in [3.05, 3.63) is 0 Å². The average molecular weight is 127 g/mol. The minimum absolute atomic E-state index is 1.09. The van der Waals surface area contributed by atoms with Crippen molar-refractivity contribution in [2.75, 3.05) is 0 Å². The molecule has 0 atom stereocenters. The van der Waals surface area contributed by atoms with Crippen molar-refractivity contribution < 1.29 is 13.2 Å². The molecule has 0 amide bonds. The monoisotopic (exact) mass is 127 g/mol. The van der Waals surface area contributed by atoms with Crippen LogP contribution < -0.4 is 0 Å². The molecule has 1 radical (unpaired) electrons. The Labute approximate surface area is 44.3 Å².